The van der Waals surface area contributed by atoms with Crippen molar-refractivity contribution in [1.29, 1.82) is 0 Å². The summed E-state index contributed by atoms with van der Waals surface area (Å²) >= 11 is 11.8. The smallest absolute Gasteiger partial charge is 0.421 e. The van der Waals surface area contributed by atoms with Crippen LogP contribution in [-0.2, 0) is 12.6 Å². The van der Waals surface area contributed by atoms with Crippen LogP contribution in [0.2, 0.25) is 10.0 Å². The minimum absolute atomic E-state index is 0.0196. The summed E-state index contributed by atoms with van der Waals surface area (Å²) in [6.45, 7) is 0.0196. The summed E-state index contributed by atoms with van der Waals surface area (Å²) in [5, 5.41) is 15.3. The number of rotatable bonds is 8. The molecule has 0 aliphatic heterocycles. The molecule has 2 aromatic carbocycles. The molecule has 1 heterocycles. The maximum absolute atomic E-state index is 13.5. The van der Waals surface area contributed by atoms with Crippen molar-refractivity contribution in [2.24, 2.45) is 0 Å². The number of ether oxygens (including phenoxy) is 1. The monoisotopic (exact) mass is 500 g/mol. The number of benzene rings is 2. The van der Waals surface area contributed by atoms with E-state index in [1.54, 1.807) is 12.1 Å². The number of halogens is 5. The Morgan fingerprint density at radius 3 is 2.58 bits per heavy atom. The van der Waals surface area contributed by atoms with Crippen molar-refractivity contribution in [1.82, 2.24) is 9.97 Å². The molecule has 3 N–H and O–H groups in total. The number of aromatic nitrogens is 2. The zero-order valence-corrected chi connectivity index (χ0v) is 18.5. The number of nitrogens with zero attached hydrogens (tertiary/aromatic N) is 2. The molecule has 33 heavy (non-hydrogen) atoms. The highest BCUT2D eigenvalue weighted by molar-refractivity contribution is 6.42. The summed E-state index contributed by atoms with van der Waals surface area (Å²) in [5.74, 6) is -1.55. The van der Waals surface area contributed by atoms with E-state index in [1.165, 1.54) is 31.4 Å². The van der Waals surface area contributed by atoms with Gasteiger partial charge in [0.05, 0.1) is 17.2 Å². The molecule has 0 fully saturated rings. The number of alkyl halides is 3. The van der Waals surface area contributed by atoms with Crippen LogP contribution >= 0.6 is 23.2 Å². The van der Waals surface area contributed by atoms with Gasteiger partial charge in [-0.25, -0.2) is 9.78 Å². The summed E-state index contributed by atoms with van der Waals surface area (Å²) in [5.41, 5.74) is -0.137. The minimum atomic E-state index is -4.69. The third-order valence-electron chi connectivity index (χ3n) is 4.49. The standard InChI is InChI=1S/C21H17Cl2F3N4O3/c1-33-17-11(3-2-4-13(17)19(31)32)7-8-27-18-14(21(24,25)26)10-28-20(30-18)29-12-5-6-15(22)16(23)9-12/h2-6,9-10H,7-8H2,1H3,(H,31,32)(H2,27,28,29,30). The second-order valence-corrected chi connectivity index (χ2v) is 7.50. The molecule has 0 atom stereocenters. The SMILES string of the molecule is COc1c(CCNc2nc(Nc3ccc(Cl)c(Cl)c3)ncc2C(F)(F)F)cccc1C(=O)O. The molecule has 0 saturated carbocycles. The highest BCUT2D eigenvalue weighted by Crippen LogP contribution is 2.34. The Bertz CT molecular complexity index is 1180. The highest BCUT2D eigenvalue weighted by Gasteiger charge is 2.35. The first kappa shape index (κ1) is 24.4. The summed E-state index contributed by atoms with van der Waals surface area (Å²) < 4.78 is 45.5. The van der Waals surface area contributed by atoms with Gasteiger partial charge in [-0.2, -0.15) is 18.2 Å². The fraction of sp³-hybridized carbons (Fsp3) is 0.190. The average molecular weight is 501 g/mol. The molecule has 0 amide bonds. The van der Waals surface area contributed by atoms with E-state index in [0.29, 0.717) is 22.5 Å². The van der Waals surface area contributed by atoms with Gasteiger partial charge in [0, 0.05) is 18.4 Å². The molecule has 0 saturated heterocycles. The molecule has 174 valence electrons. The first-order chi connectivity index (χ1) is 15.6. The first-order valence-corrected chi connectivity index (χ1v) is 10.1. The lowest BCUT2D eigenvalue weighted by molar-refractivity contribution is -0.137. The Hall–Kier alpha value is -3.24. The number of carboxylic acid groups (broad SMARTS) is 1. The number of carboxylic acids is 1. The third-order valence-corrected chi connectivity index (χ3v) is 5.23. The van der Waals surface area contributed by atoms with E-state index in [1.807, 2.05) is 0 Å². The lowest BCUT2D eigenvalue weighted by atomic mass is 10.1. The van der Waals surface area contributed by atoms with E-state index in [4.69, 9.17) is 27.9 Å². The molecule has 0 bridgehead atoms. The van der Waals surface area contributed by atoms with E-state index in [9.17, 15) is 23.1 Å². The number of para-hydroxylation sites is 1. The van der Waals surface area contributed by atoms with Gasteiger partial charge in [-0.15, -0.1) is 0 Å². The molecule has 12 heteroatoms. The van der Waals surface area contributed by atoms with Crippen LogP contribution in [0.5, 0.6) is 5.75 Å². The zero-order valence-electron chi connectivity index (χ0n) is 17.0. The summed E-state index contributed by atoms with van der Waals surface area (Å²) in [6.07, 6.45) is -3.84. The van der Waals surface area contributed by atoms with Gasteiger partial charge in [0.15, 0.2) is 0 Å². The van der Waals surface area contributed by atoms with Crippen molar-refractivity contribution in [2.75, 3.05) is 24.3 Å². The number of carbonyl (C=O) groups is 1. The van der Waals surface area contributed by atoms with Crippen molar-refractivity contribution >= 4 is 46.6 Å². The summed E-state index contributed by atoms with van der Waals surface area (Å²) in [7, 11) is 1.33. The van der Waals surface area contributed by atoms with Crippen LogP contribution in [0.25, 0.3) is 0 Å². The largest absolute Gasteiger partial charge is 0.496 e. The van der Waals surface area contributed by atoms with Crippen LogP contribution in [0.15, 0.2) is 42.6 Å². The highest BCUT2D eigenvalue weighted by atomic mass is 35.5. The molecule has 7 nitrogen and oxygen atoms in total. The van der Waals surface area contributed by atoms with E-state index in [0.717, 1.165) is 0 Å². The Kier molecular flexibility index (Phi) is 7.50. The van der Waals surface area contributed by atoms with Gasteiger partial charge in [0.1, 0.15) is 22.7 Å². The van der Waals surface area contributed by atoms with Gasteiger partial charge >= 0.3 is 12.1 Å². The van der Waals surface area contributed by atoms with Gasteiger partial charge in [-0.3, -0.25) is 0 Å². The topological polar surface area (TPSA) is 96.4 Å². The lowest BCUT2D eigenvalue weighted by Gasteiger charge is -2.16. The number of aromatic carboxylic acids is 1. The first-order valence-electron chi connectivity index (χ1n) is 9.39. The predicted molar refractivity (Wildman–Crippen MR) is 119 cm³/mol. The second kappa shape index (κ2) is 10.1. The van der Waals surface area contributed by atoms with Crippen molar-refractivity contribution in [3.8, 4) is 5.75 Å². The molecule has 0 radical (unpaired) electrons. The molecule has 3 aromatic rings. The van der Waals surface area contributed by atoms with Crippen LogP contribution in [0.3, 0.4) is 0 Å². The molecule has 0 aliphatic carbocycles. The number of anilines is 3. The van der Waals surface area contributed by atoms with Gasteiger partial charge in [-0.1, -0.05) is 35.3 Å². The van der Waals surface area contributed by atoms with Crippen LogP contribution in [-0.4, -0.2) is 34.7 Å². The molecule has 3 rings (SSSR count). The quantitative estimate of drug-likeness (QED) is 0.353. The van der Waals surface area contributed by atoms with E-state index in [2.05, 4.69) is 20.6 Å². The molecule has 0 unspecified atom stereocenters. The summed E-state index contributed by atoms with van der Waals surface area (Å²) in [4.78, 5) is 19.0. The number of nitrogens with one attached hydrogen (secondary N) is 2. The third kappa shape index (κ3) is 5.96. The normalized spacial score (nSPS) is 11.2. The minimum Gasteiger partial charge on any atom is -0.496 e. The van der Waals surface area contributed by atoms with E-state index in [-0.39, 0.29) is 35.2 Å². The fourth-order valence-corrected chi connectivity index (χ4v) is 3.29. The molecular weight excluding hydrogens is 484 g/mol. The van der Waals surface area contributed by atoms with Crippen LogP contribution in [0, 0.1) is 0 Å². The molecule has 1 aromatic heterocycles. The Morgan fingerprint density at radius 2 is 1.94 bits per heavy atom. The average Bonchev–Trinajstić information content (AvgIpc) is 2.75. The van der Waals surface area contributed by atoms with Crippen molar-refractivity contribution < 1.29 is 27.8 Å². The van der Waals surface area contributed by atoms with E-state index < -0.39 is 23.5 Å². The summed E-state index contributed by atoms with van der Waals surface area (Å²) in [6, 6.07) is 9.13. The van der Waals surface area contributed by atoms with E-state index >= 15 is 0 Å². The number of hydrogen-bond acceptors (Lipinski definition) is 6. The number of hydrogen-bond donors (Lipinski definition) is 3. The van der Waals surface area contributed by atoms with Gasteiger partial charge in [0.25, 0.3) is 0 Å². The van der Waals surface area contributed by atoms with Gasteiger partial charge < -0.3 is 20.5 Å². The van der Waals surface area contributed by atoms with Gasteiger partial charge in [-0.05, 0) is 36.2 Å². The Labute approximate surface area is 196 Å². The van der Waals surface area contributed by atoms with Gasteiger partial charge in [0.2, 0.25) is 5.95 Å². The Morgan fingerprint density at radius 1 is 1.18 bits per heavy atom. The number of methoxy groups -OCH3 is 1. The maximum atomic E-state index is 13.5. The van der Waals surface area contributed by atoms with Crippen molar-refractivity contribution in [2.45, 2.75) is 12.6 Å². The van der Waals surface area contributed by atoms with Crippen molar-refractivity contribution in [3.05, 3.63) is 69.3 Å². The van der Waals surface area contributed by atoms with Crippen LogP contribution < -0.4 is 15.4 Å². The zero-order chi connectivity index (χ0) is 24.2. The molecule has 0 spiro atoms. The molecule has 0 aliphatic rings. The lowest BCUT2D eigenvalue weighted by Crippen LogP contribution is -2.16. The second-order valence-electron chi connectivity index (χ2n) is 6.69. The Balaban J connectivity index is 1.82. The maximum Gasteiger partial charge on any atom is 0.421 e. The van der Waals surface area contributed by atoms with Crippen LogP contribution in [0.4, 0.5) is 30.6 Å². The van der Waals surface area contributed by atoms with Crippen molar-refractivity contribution in [3.63, 3.8) is 0 Å². The fourth-order valence-electron chi connectivity index (χ4n) is 2.99. The molecular formula is C21H17Cl2F3N4O3. The van der Waals surface area contributed by atoms with Crippen LogP contribution in [0.1, 0.15) is 21.5 Å². The predicted octanol–water partition coefficient (Wildman–Crippen LogP) is 5.91.